The number of rotatable bonds is 3. The molecule has 0 aromatic heterocycles. The summed E-state index contributed by atoms with van der Waals surface area (Å²) in [4.78, 5) is 27.2. The fourth-order valence-corrected chi connectivity index (χ4v) is 4.71. The Kier molecular flexibility index (Phi) is 4.25. The van der Waals surface area contributed by atoms with Crippen molar-refractivity contribution in [2.24, 2.45) is 0 Å². The largest absolute Gasteiger partial charge is 0.292 e. The summed E-state index contributed by atoms with van der Waals surface area (Å²) in [6.07, 6.45) is 1.77. The third-order valence-electron chi connectivity index (χ3n) is 4.90. The summed E-state index contributed by atoms with van der Waals surface area (Å²) in [6, 6.07) is 17.3. The van der Waals surface area contributed by atoms with E-state index >= 15 is 0 Å². The average molecular weight is 337 g/mol. The molecule has 1 aliphatic carbocycles. The van der Waals surface area contributed by atoms with E-state index in [4.69, 9.17) is 0 Å². The summed E-state index contributed by atoms with van der Waals surface area (Å²) >= 11 is 1.42. The van der Waals surface area contributed by atoms with Gasteiger partial charge in [0.05, 0.1) is 6.04 Å². The summed E-state index contributed by atoms with van der Waals surface area (Å²) < 4.78 is 0. The van der Waals surface area contributed by atoms with Crippen molar-refractivity contribution in [1.29, 1.82) is 0 Å². The molecule has 2 aromatic rings. The first-order chi connectivity index (χ1) is 11.7. The van der Waals surface area contributed by atoms with Gasteiger partial charge in [0.15, 0.2) is 5.78 Å². The van der Waals surface area contributed by atoms with Gasteiger partial charge in [-0.15, -0.1) is 0 Å². The molecule has 1 saturated heterocycles. The third kappa shape index (κ3) is 2.92. The van der Waals surface area contributed by atoms with Crippen molar-refractivity contribution in [3.8, 4) is 0 Å². The van der Waals surface area contributed by atoms with E-state index in [1.54, 1.807) is 0 Å². The van der Waals surface area contributed by atoms with Crippen LogP contribution < -0.4 is 0 Å². The van der Waals surface area contributed by atoms with E-state index in [0.29, 0.717) is 0 Å². The molecule has 4 rings (SSSR count). The fourth-order valence-electron chi connectivity index (χ4n) is 3.64. The Hall–Kier alpha value is -1.91. The molecule has 0 saturated carbocycles. The van der Waals surface area contributed by atoms with Crippen LogP contribution in [-0.2, 0) is 6.42 Å². The number of hydrogen-bond donors (Lipinski definition) is 0. The number of nitrogens with zero attached hydrogens (tertiary/aromatic N) is 1. The van der Waals surface area contributed by atoms with E-state index < -0.39 is 0 Å². The van der Waals surface area contributed by atoms with Crippen molar-refractivity contribution in [2.45, 2.75) is 24.1 Å². The van der Waals surface area contributed by atoms with E-state index in [9.17, 15) is 9.59 Å². The molecule has 0 spiro atoms. The van der Waals surface area contributed by atoms with E-state index in [1.165, 1.54) is 11.8 Å². The number of Topliss-reactive ketones (excluding diaryl/α,β-unsaturated/α-hetero) is 1. The van der Waals surface area contributed by atoms with Crippen LogP contribution in [-0.4, -0.2) is 40.2 Å². The quantitative estimate of drug-likeness (QED) is 0.860. The zero-order valence-electron chi connectivity index (χ0n) is 13.4. The summed E-state index contributed by atoms with van der Waals surface area (Å²) in [6.45, 7) is 1.71. The first-order valence-electron chi connectivity index (χ1n) is 8.34. The lowest BCUT2D eigenvalue weighted by atomic mass is 10.1. The lowest BCUT2D eigenvalue weighted by Crippen LogP contribution is -2.38. The highest BCUT2D eigenvalue weighted by atomic mass is 32.2. The highest BCUT2D eigenvalue weighted by molar-refractivity contribution is 8.14. The molecular weight excluding hydrogens is 318 g/mol. The van der Waals surface area contributed by atoms with Gasteiger partial charge < -0.3 is 0 Å². The van der Waals surface area contributed by atoms with E-state index in [2.05, 4.69) is 11.0 Å². The van der Waals surface area contributed by atoms with Gasteiger partial charge in [-0.2, -0.15) is 0 Å². The average Bonchev–Trinajstić information content (AvgIpc) is 3.21. The Morgan fingerprint density at radius 1 is 1.04 bits per heavy atom. The van der Waals surface area contributed by atoms with Gasteiger partial charge in [0, 0.05) is 29.5 Å². The van der Waals surface area contributed by atoms with Crippen LogP contribution in [0.25, 0.3) is 0 Å². The topological polar surface area (TPSA) is 37.4 Å². The Balaban J connectivity index is 1.39. The zero-order chi connectivity index (χ0) is 16.5. The lowest BCUT2D eigenvalue weighted by Gasteiger charge is -2.22. The van der Waals surface area contributed by atoms with E-state index in [-0.39, 0.29) is 22.2 Å². The predicted molar refractivity (Wildman–Crippen MR) is 96.6 cm³/mol. The van der Waals surface area contributed by atoms with Crippen molar-refractivity contribution in [3.63, 3.8) is 0 Å². The minimum Gasteiger partial charge on any atom is -0.292 e. The predicted octanol–water partition coefficient (Wildman–Crippen LogP) is 3.44. The second-order valence-corrected chi connectivity index (χ2v) is 7.69. The Morgan fingerprint density at radius 3 is 2.58 bits per heavy atom. The standard InChI is InChI=1S/C20H19NO2S/c22-19-17-9-5-4-8-15(17)12-18(19)21-11-10-16(13-21)24-20(23)14-6-2-1-3-7-14/h1-9,16,18H,10-13H2/t16-,18?/m0/s1. The molecule has 1 unspecified atom stereocenters. The van der Waals surface area contributed by atoms with Gasteiger partial charge in [-0.1, -0.05) is 66.4 Å². The lowest BCUT2D eigenvalue weighted by molar-refractivity contribution is 0.0872. The summed E-state index contributed by atoms with van der Waals surface area (Å²) in [5, 5.41) is 0.401. The fraction of sp³-hybridized carbons (Fsp3) is 0.300. The monoisotopic (exact) mass is 337 g/mol. The number of thioether (sulfide) groups is 1. The third-order valence-corrected chi connectivity index (χ3v) is 6.07. The molecule has 0 amide bonds. The molecule has 1 aliphatic heterocycles. The van der Waals surface area contributed by atoms with Gasteiger partial charge in [-0.3, -0.25) is 14.5 Å². The molecule has 2 aromatic carbocycles. The van der Waals surface area contributed by atoms with Crippen molar-refractivity contribution in [1.82, 2.24) is 4.90 Å². The van der Waals surface area contributed by atoms with Gasteiger partial charge in [0.25, 0.3) is 0 Å². The molecule has 2 atom stereocenters. The summed E-state index contributed by atoms with van der Waals surface area (Å²) in [5.74, 6) is 0.241. The number of hydrogen-bond acceptors (Lipinski definition) is 4. The maximum atomic E-state index is 12.6. The SMILES string of the molecule is O=C(S[C@H]1CCN(C2Cc3ccccc3C2=O)C1)c1ccccc1. The number of likely N-dealkylation sites (tertiary alicyclic amines) is 1. The van der Waals surface area contributed by atoms with Gasteiger partial charge >= 0.3 is 0 Å². The van der Waals surface area contributed by atoms with Crippen LogP contribution in [0.4, 0.5) is 0 Å². The molecule has 4 heteroatoms. The number of fused-ring (bicyclic) bond motifs is 1. The van der Waals surface area contributed by atoms with Gasteiger partial charge in [-0.25, -0.2) is 0 Å². The van der Waals surface area contributed by atoms with E-state index in [1.807, 2.05) is 48.5 Å². The zero-order valence-corrected chi connectivity index (χ0v) is 14.2. The molecule has 122 valence electrons. The highest BCUT2D eigenvalue weighted by Gasteiger charge is 2.38. The number of benzene rings is 2. The number of carbonyl (C=O) groups excluding carboxylic acids is 2. The van der Waals surface area contributed by atoms with Crippen LogP contribution in [0, 0.1) is 0 Å². The molecule has 2 aliphatic rings. The second-order valence-electron chi connectivity index (χ2n) is 6.42. The van der Waals surface area contributed by atoms with Crippen LogP contribution in [0.3, 0.4) is 0 Å². The van der Waals surface area contributed by atoms with Crippen molar-refractivity contribution in [2.75, 3.05) is 13.1 Å². The first-order valence-corrected chi connectivity index (χ1v) is 9.22. The maximum Gasteiger partial charge on any atom is 0.219 e. The van der Waals surface area contributed by atoms with Crippen LogP contribution in [0.2, 0.25) is 0 Å². The minimum atomic E-state index is -0.0418. The minimum absolute atomic E-state index is 0.0418. The van der Waals surface area contributed by atoms with Gasteiger partial charge in [0.1, 0.15) is 0 Å². The molecule has 3 nitrogen and oxygen atoms in total. The highest BCUT2D eigenvalue weighted by Crippen LogP contribution is 2.32. The Morgan fingerprint density at radius 2 is 1.79 bits per heavy atom. The second kappa shape index (κ2) is 6.54. The Bertz CT molecular complexity index is 774. The van der Waals surface area contributed by atoms with Crippen LogP contribution >= 0.6 is 11.8 Å². The van der Waals surface area contributed by atoms with Crippen molar-refractivity contribution < 1.29 is 9.59 Å². The molecule has 0 radical (unpaired) electrons. The maximum absolute atomic E-state index is 12.6. The van der Waals surface area contributed by atoms with Gasteiger partial charge in [-0.05, 0) is 18.4 Å². The van der Waals surface area contributed by atoms with E-state index in [0.717, 1.165) is 42.6 Å². The number of ketones is 1. The van der Waals surface area contributed by atoms with Crippen LogP contribution in [0.1, 0.15) is 32.7 Å². The summed E-state index contributed by atoms with van der Waals surface area (Å²) in [7, 11) is 0. The first kappa shape index (κ1) is 15.6. The molecule has 0 bridgehead atoms. The molecule has 1 heterocycles. The molecule has 24 heavy (non-hydrogen) atoms. The number of carbonyl (C=O) groups is 2. The molecule has 0 N–H and O–H groups in total. The van der Waals surface area contributed by atoms with Crippen LogP contribution in [0.15, 0.2) is 54.6 Å². The van der Waals surface area contributed by atoms with Crippen molar-refractivity contribution in [3.05, 3.63) is 71.3 Å². The normalized spacial score (nSPS) is 23.4. The van der Waals surface area contributed by atoms with Crippen molar-refractivity contribution >= 4 is 22.7 Å². The smallest absolute Gasteiger partial charge is 0.219 e. The molecule has 1 fully saturated rings. The van der Waals surface area contributed by atoms with Crippen LogP contribution in [0.5, 0.6) is 0 Å². The Labute approximate surface area is 146 Å². The summed E-state index contributed by atoms with van der Waals surface area (Å²) in [5.41, 5.74) is 2.79. The van der Waals surface area contributed by atoms with Gasteiger partial charge in [0.2, 0.25) is 5.12 Å². The molecular formula is C20H19NO2S.